The van der Waals surface area contributed by atoms with Crippen LogP contribution in [0.4, 0.5) is 0 Å². The van der Waals surface area contributed by atoms with Crippen molar-refractivity contribution in [3.63, 3.8) is 0 Å². The van der Waals surface area contributed by atoms with E-state index >= 15 is 0 Å². The van der Waals surface area contributed by atoms with E-state index in [1.165, 1.54) is 0 Å². The minimum Gasteiger partial charge on any atom is -1.00 e. The Labute approximate surface area is 92.5 Å². The van der Waals surface area contributed by atoms with Crippen molar-refractivity contribution < 1.29 is 26.5 Å². The second-order valence-electron chi connectivity index (χ2n) is 3.74. The molecule has 0 aliphatic carbocycles. The van der Waals surface area contributed by atoms with Crippen molar-refractivity contribution in [2.45, 2.75) is 39.5 Å². The van der Waals surface area contributed by atoms with Crippen LogP contribution in [0.3, 0.4) is 0 Å². The van der Waals surface area contributed by atoms with Gasteiger partial charge in [0.2, 0.25) is 0 Å². The van der Waals surface area contributed by atoms with Crippen LogP contribution in [-0.2, 0) is 9.59 Å². The van der Waals surface area contributed by atoms with Crippen LogP contribution in [0.25, 0.3) is 0 Å². The van der Waals surface area contributed by atoms with Gasteiger partial charge in [0, 0.05) is 0 Å². The van der Waals surface area contributed by atoms with Crippen LogP contribution in [0.5, 0.6) is 0 Å². The Balaban J connectivity index is 0. The van der Waals surface area contributed by atoms with Crippen LogP contribution < -0.4 is 12.4 Å². The molecular formula is C10H20ClNO2. The molecule has 84 valence electrons. The first-order valence-corrected chi connectivity index (χ1v) is 4.87. The summed E-state index contributed by atoms with van der Waals surface area (Å²) in [4.78, 5) is 23.1. The third-order valence-electron chi connectivity index (χ3n) is 2.17. The van der Waals surface area contributed by atoms with Gasteiger partial charge >= 0.3 is 11.8 Å². The Kier molecular flexibility index (Phi) is 7.97. The number of nitrogens with zero attached hydrogens (tertiary/aromatic N) is 1. The highest BCUT2D eigenvalue weighted by atomic mass is 35.5. The fraction of sp³-hybridized carbons (Fsp3) is 0.800. The first-order chi connectivity index (χ1) is 5.96. The molecule has 0 rings (SSSR count). The van der Waals surface area contributed by atoms with E-state index in [1.807, 2.05) is 13.8 Å². The van der Waals surface area contributed by atoms with Crippen molar-refractivity contribution in [3.8, 4) is 0 Å². The lowest BCUT2D eigenvalue weighted by atomic mass is 10.2. The van der Waals surface area contributed by atoms with Gasteiger partial charge in [-0.05, 0) is 12.8 Å². The molecule has 0 aromatic rings. The molecule has 0 saturated carbocycles. The predicted molar refractivity (Wildman–Crippen MR) is 51.9 cm³/mol. The van der Waals surface area contributed by atoms with E-state index in [2.05, 4.69) is 0 Å². The van der Waals surface area contributed by atoms with E-state index < -0.39 is 0 Å². The van der Waals surface area contributed by atoms with Crippen LogP contribution in [0, 0.1) is 0 Å². The summed E-state index contributed by atoms with van der Waals surface area (Å²) in [7, 11) is 3.35. The number of quaternary nitrogens is 1. The average Bonchev–Trinajstić information content (AvgIpc) is 2.05. The second-order valence-corrected chi connectivity index (χ2v) is 3.74. The third-order valence-corrected chi connectivity index (χ3v) is 2.17. The Morgan fingerprint density at radius 3 is 1.43 bits per heavy atom. The van der Waals surface area contributed by atoms with E-state index in [1.54, 1.807) is 14.1 Å². The minimum absolute atomic E-state index is 0. The van der Waals surface area contributed by atoms with Crippen LogP contribution in [-0.4, -0.2) is 30.4 Å². The van der Waals surface area contributed by atoms with Gasteiger partial charge in [0.05, 0.1) is 26.9 Å². The number of carbonyl (C=O) groups is 2. The van der Waals surface area contributed by atoms with Gasteiger partial charge in [-0.3, -0.25) is 0 Å². The lowest BCUT2D eigenvalue weighted by Crippen LogP contribution is -3.00. The van der Waals surface area contributed by atoms with Crippen molar-refractivity contribution in [2.24, 2.45) is 0 Å². The summed E-state index contributed by atoms with van der Waals surface area (Å²) in [5, 5.41) is 0. The fourth-order valence-electron chi connectivity index (χ4n) is 1.13. The molecule has 4 heteroatoms. The molecule has 0 heterocycles. The minimum atomic E-state index is -0.0956. The summed E-state index contributed by atoms with van der Waals surface area (Å²) in [6, 6.07) is 0. The molecule has 0 aromatic heterocycles. The van der Waals surface area contributed by atoms with Crippen LogP contribution in [0.15, 0.2) is 0 Å². The third kappa shape index (κ3) is 4.20. The fourth-order valence-corrected chi connectivity index (χ4v) is 1.13. The standard InChI is InChI=1S/C10H20NO2.ClH/c1-5-7-9(12)11(3,4)10(13)8-6-2;/h5-8H2,1-4H3;1H/q+1;/p-1. The van der Waals surface area contributed by atoms with E-state index in [9.17, 15) is 9.59 Å². The number of rotatable bonds is 4. The zero-order chi connectivity index (χ0) is 10.5. The van der Waals surface area contributed by atoms with Gasteiger partial charge in [0.25, 0.3) is 0 Å². The smallest absolute Gasteiger partial charge is 0.320 e. The molecule has 0 aliphatic rings. The van der Waals surface area contributed by atoms with E-state index in [4.69, 9.17) is 0 Å². The number of halogens is 1. The van der Waals surface area contributed by atoms with Gasteiger partial charge < -0.3 is 12.4 Å². The Bertz CT molecular complexity index is 182. The highest BCUT2D eigenvalue weighted by Gasteiger charge is 2.32. The van der Waals surface area contributed by atoms with Gasteiger partial charge in [-0.1, -0.05) is 13.8 Å². The quantitative estimate of drug-likeness (QED) is 0.555. The zero-order valence-electron chi connectivity index (χ0n) is 9.47. The summed E-state index contributed by atoms with van der Waals surface area (Å²) in [5.41, 5.74) is 0. The molecule has 0 spiro atoms. The molecule has 0 atom stereocenters. The van der Waals surface area contributed by atoms with Crippen LogP contribution in [0.2, 0.25) is 0 Å². The SMILES string of the molecule is CCCC(=O)[N+](C)(C)C(=O)CCC.[Cl-]. The van der Waals surface area contributed by atoms with E-state index in [0.29, 0.717) is 12.8 Å². The first kappa shape index (κ1) is 16.0. The summed E-state index contributed by atoms with van der Waals surface area (Å²) in [5.74, 6) is 0.0295. The number of amides is 2. The Hall–Kier alpha value is -0.410. The maximum Gasteiger partial charge on any atom is 0.320 e. The molecule has 14 heavy (non-hydrogen) atoms. The molecular weight excluding hydrogens is 202 g/mol. The molecule has 0 radical (unpaired) electrons. The van der Waals surface area contributed by atoms with Gasteiger partial charge in [-0.15, -0.1) is 0 Å². The normalized spacial score (nSPS) is 10.6. The topological polar surface area (TPSA) is 34.1 Å². The van der Waals surface area contributed by atoms with Crippen molar-refractivity contribution in [1.82, 2.24) is 0 Å². The second kappa shape index (κ2) is 6.96. The van der Waals surface area contributed by atoms with Gasteiger partial charge in [0.1, 0.15) is 0 Å². The molecule has 0 aromatic carbocycles. The van der Waals surface area contributed by atoms with Crippen LogP contribution in [0.1, 0.15) is 39.5 Å². The first-order valence-electron chi connectivity index (χ1n) is 4.87. The summed E-state index contributed by atoms with van der Waals surface area (Å²) in [6.07, 6.45) is 2.59. The predicted octanol–water partition coefficient (Wildman–Crippen LogP) is -1.28. The number of imide groups is 1. The highest BCUT2D eigenvalue weighted by Crippen LogP contribution is 2.08. The van der Waals surface area contributed by atoms with Gasteiger partial charge in [0.15, 0.2) is 0 Å². The van der Waals surface area contributed by atoms with Gasteiger partial charge in [-0.2, -0.15) is 0 Å². The van der Waals surface area contributed by atoms with Crippen molar-refractivity contribution in [1.29, 1.82) is 0 Å². The van der Waals surface area contributed by atoms with Gasteiger partial charge in [-0.25, -0.2) is 14.1 Å². The molecule has 0 unspecified atom stereocenters. The lowest BCUT2D eigenvalue weighted by Gasteiger charge is -2.23. The van der Waals surface area contributed by atoms with E-state index in [-0.39, 0.29) is 28.7 Å². The number of carbonyl (C=O) groups excluding carboxylic acids is 2. The Morgan fingerprint density at radius 2 is 1.21 bits per heavy atom. The van der Waals surface area contributed by atoms with E-state index in [0.717, 1.165) is 12.8 Å². The maximum absolute atomic E-state index is 11.5. The highest BCUT2D eigenvalue weighted by molar-refractivity contribution is 5.84. The Morgan fingerprint density at radius 1 is 0.929 bits per heavy atom. The van der Waals surface area contributed by atoms with Crippen molar-refractivity contribution >= 4 is 11.8 Å². The molecule has 0 bridgehead atoms. The molecule has 0 aliphatic heterocycles. The molecule has 0 fully saturated rings. The van der Waals surface area contributed by atoms with Crippen molar-refractivity contribution in [3.05, 3.63) is 0 Å². The molecule has 0 saturated heterocycles. The maximum atomic E-state index is 11.5. The number of hydrogen-bond acceptors (Lipinski definition) is 2. The largest absolute Gasteiger partial charge is 1.00 e. The monoisotopic (exact) mass is 221 g/mol. The average molecular weight is 222 g/mol. The molecule has 2 amide bonds. The summed E-state index contributed by atoms with van der Waals surface area (Å²) in [6.45, 7) is 3.89. The number of hydrogen-bond donors (Lipinski definition) is 0. The summed E-state index contributed by atoms with van der Waals surface area (Å²) < 4.78 is -0.0956. The molecule has 0 N–H and O–H groups in total. The lowest BCUT2D eigenvalue weighted by molar-refractivity contribution is -0.736. The zero-order valence-corrected chi connectivity index (χ0v) is 10.2. The van der Waals surface area contributed by atoms with Crippen molar-refractivity contribution in [2.75, 3.05) is 14.1 Å². The van der Waals surface area contributed by atoms with Crippen LogP contribution >= 0.6 is 0 Å². The summed E-state index contributed by atoms with van der Waals surface area (Å²) >= 11 is 0. The molecule has 3 nitrogen and oxygen atoms in total.